The Bertz CT molecular complexity index is 264. The van der Waals surface area contributed by atoms with Crippen molar-refractivity contribution >= 4 is 0 Å². The first-order chi connectivity index (χ1) is 6.77. The van der Waals surface area contributed by atoms with Gasteiger partial charge in [-0.2, -0.15) is 4.98 Å². The summed E-state index contributed by atoms with van der Waals surface area (Å²) in [5.41, 5.74) is 0. The maximum Gasteiger partial charge on any atom is 0.240 e. The molecular formula is C9H16N4O. The molecule has 1 aromatic heterocycles. The molecule has 2 heterocycles. The summed E-state index contributed by atoms with van der Waals surface area (Å²) in [5.74, 6) is 0.700. The van der Waals surface area contributed by atoms with Crippen molar-refractivity contribution in [3.05, 3.63) is 12.2 Å². The second-order valence-corrected chi connectivity index (χ2v) is 3.86. The van der Waals surface area contributed by atoms with Crippen LogP contribution in [0.4, 0.5) is 0 Å². The molecule has 1 N–H and O–H groups in total. The summed E-state index contributed by atoms with van der Waals surface area (Å²) in [6.45, 7) is 7.22. The van der Waals surface area contributed by atoms with Crippen LogP contribution in [0, 0.1) is 0 Å². The van der Waals surface area contributed by atoms with E-state index in [4.69, 9.17) is 4.52 Å². The van der Waals surface area contributed by atoms with E-state index < -0.39 is 0 Å². The fourth-order valence-corrected chi connectivity index (χ4v) is 1.90. The summed E-state index contributed by atoms with van der Waals surface area (Å²) in [6.07, 6.45) is 1.45. The molecule has 0 saturated carbocycles. The average molecular weight is 196 g/mol. The van der Waals surface area contributed by atoms with Crippen LogP contribution in [0.15, 0.2) is 10.9 Å². The lowest BCUT2D eigenvalue weighted by Crippen LogP contribution is -2.54. The highest BCUT2D eigenvalue weighted by Gasteiger charge is 2.25. The normalized spacial score (nSPS) is 29.3. The van der Waals surface area contributed by atoms with Crippen LogP contribution in [0.1, 0.15) is 19.7 Å². The van der Waals surface area contributed by atoms with Crippen LogP contribution in [0.5, 0.6) is 0 Å². The molecule has 5 heteroatoms. The fourth-order valence-electron chi connectivity index (χ4n) is 1.90. The quantitative estimate of drug-likeness (QED) is 0.735. The van der Waals surface area contributed by atoms with Crippen LogP contribution < -0.4 is 5.32 Å². The molecule has 0 bridgehead atoms. The van der Waals surface area contributed by atoms with Gasteiger partial charge < -0.3 is 9.84 Å². The van der Waals surface area contributed by atoms with Crippen LogP contribution in [0.2, 0.25) is 0 Å². The van der Waals surface area contributed by atoms with Gasteiger partial charge in [-0.1, -0.05) is 5.16 Å². The highest BCUT2D eigenvalue weighted by Crippen LogP contribution is 2.12. The Kier molecular flexibility index (Phi) is 2.79. The fraction of sp³-hybridized carbons (Fsp3) is 0.778. The Morgan fingerprint density at radius 2 is 2.21 bits per heavy atom. The maximum absolute atomic E-state index is 5.01. The van der Waals surface area contributed by atoms with Crippen molar-refractivity contribution in [3.8, 4) is 0 Å². The summed E-state index contributed by atoms with van der Waals surface area (Å²) in [7, 11) is 0. The van der Waals surface area contributed by atoms with E-state index in [1.807, 2.05) is 0 Å². The number of nitrogens with zero attached hydrogens (tertiary/aromatic N) is 3. The molecule has 1 saturated heterocycles. The van der Waals surface area contributed by atoms with Gasteiger partial charge in [-0.3, -0.25) is 4.90 Å². The van der Waals surface area contributed by atoms with E-state index >= 15 is 0 Å². The molecule has 2 unspecified atom stereocenters. The van der Waals surface area contributed by atoms with Gasteiger partial charge in [0.2, 0.25) is 5.89 Å². The minimum absolute atomic E-state index is 0.519. The van der Waals surface area contributed by atoms with Crippen molar-refractivity contribution in [1.29, 1.82) is 0 Å². The molecule has 0 aromatic carbocycles. The Labute approximate surface area is 83.5 Å². The third-order valence-corrected chi connectivity index (χ3v) is 2.74. The highest BCUT2D eigenvalue weighted by molar-refractivity contribution is 4.86. The van der Waals surface area contributed by atoms with Crippen molar-refractivity contribution in [3.63, 3.8) is 0 Å². The Morgan fingerprint density at radius 1 is 1.50 bits per heavy atom. The van der Waals surface area contributed by atoms with Crippen LogP contribution in [-0.4, -0.2) is 40.2 Å². The van der Waals surface area contributed by atoms with Crippen molar-refractivity contribution in [2.75, 3.05) is 13.1 Å². The van der Waals surface area contributed by atoms with Gasteiger partial charge in [-0.05, 0) is 13.8 Å². The average Bonchev–Trinajstić information content (AvgIpc) is 2.64. The van der Waals surface area contributed by atoms with Crippen molar-refractivity contribution in [1.82, 2.24) is 20.4 Å². The van der Waals surface area contributed by atoms with E-state index in [0.717, 1.165) is 19.6 Å². The topological polar surface area (TPSA) is 54.2 Å². The zero-order valence-corrected chi connectivity index (χ0v) is 8.60. The monoisotopic (exact) mass is 196 g/mol. The van der Waals surface area contributed by atoms with Crippen molar-refractivity contribution in [2.24, 2.45) is 0 Å². The molecule has 78 valence electrons. The number of hydrogen-bond donors (Lipinski definition) is 1. The number of rotatable bonds is 2. The molecule has 0 amide bonds. The van der Waals surface area contributed by atoms with Gasteiger partial charge >= 0.3 is 0 Å². The minimum atomic E-state index is 0.519. The molecule has 0 aliphatic carbocycles. The van der Waals surface area contributed by atoms with Gasteiger partial charge in [-0.25, -0.2) is 0 Å². The standard InChI is InChI=1S/C9H16N4O/c1-7-3-10-4-8(2)13(7)5-9-11-6-12-14-9/h6-8,10H,3-5H2,1-2H3. The third kappa shape index (κ3) is 1.93. The third-order valence-electron chi connectivity index (χ3n) is 2.74. The SMILES string of the molecule is CC1CNCC(C)N1Cc1ncno1. The Balaban J connectivity index is 2.01. The summed E-state index contributed by atoms with van der Waals surface area (Å²) >= 11 is 0. The van der Waals surface area contributed by atoms with Crippen LogP contribution in [0.25, 0.3) is 0 Å². The maximum atomic E-state index is 5.01. The van der Waals surface area contributed by atoms with Crippen molar-refractivity contribution in [2.45, 2.75) is 32.5 Å². The molecule has 2 atom stereocenters. The van der Waals surface area contributed by atoms with Crippen molar-refractivity contribution < 1.29 is 4.52 Å². The first-order valence-electron chi connectivity index (χ1n) is 4.99. The number of nitrogens with one attached hydrogen (secondary N) is 1. The van der Waals surface area contributed by atoms with E-state index in [0.29, 0.717) is 18.0 Å². The first-order valence-corrected chi connectivity index (χ1v) is 4.99. The molecular weight excluding hydrogens is 180 g/mol. The molecule has 5 nitrogen and oxygen atoms in total. The van der Waals surface area contributed by atoms with Gasteiger partial charge in [0.05, 0.1) is 6.54 Å². The summed E-state index contributed by atoms with van der Waals surface area (Å²) in [6, 6.07) is 1.04. The molecule has 0 radical (unpaired) electrons. The van der Waals surface area contributed by atoms with Crippen LogP contribution >= 0.6 is 0 Å². The second-order valence-electron chi connectivity index (χ2n) is 3.86. The molecule has 1 aliphatic heterocycles. The van der Waals surface area contributed by atoms with Crippen LogP contribution in [0.3, 0.4) is 0 Å². The lowest BCUT2D eigenvalue weighted by molar-refractivity contribution is 0.0947. The van der Waals surface area contributed by atoms with E-state index in [9.17, 15) is 0 Å². The van der Waals surface area contributed by atoms with E-state index in [1.54, 1.807) is 0 Å². The first kappa shape index (κ1) is 9.61. The number of hydrogen-bond acceptors (Lipinski definition) is 5. The largest absolute Gasteiger partial charge is 0.338 e. The van der Waals surface area contributed by atoms with Gasteiger partial charge in [0.15, 0.2) is 6.33 Å². The Hall–Kier alpha value is -0.940. The second kappa shape index (κ2) is 4.06. The lowest BCUT2D eigenvalue weighted by atomic mass is 10.1. The lowest BCUT2D eigenvalue weighted by Gasteiger charge is -2.38. The zero-order valence-electron chi connectivity index (χ0n) is 8.60. The van der Waals surface area contributed by atoms with Gasteiger partial charge in [0.1, 0.15) is 0 Å². The Morgan fingerprint density at radius 3 is 2.79 bits per heavy atom. The molecule has 1 aromatic rings. The van der Waals surface area contributed by atoms with E-state index in [-0.39, 0.29) is 0 Å². The molecule has 1 fully saturated rings. The summed E-state index contributed by atoms with van der Waals surface area (Å²) in [4.78, 5) is 6.42. The molecule has 1 aliphatic rings. The van der Waals surface area contributed by atoms with Gasteiger partial charge in [0, 0.05) is 25.2 Å². The predicted molar refractivity (Wildman–Crippen MR) is 51.6 cm³/mol. The molecule has 14 heavy (non-hydrogen) atoms. The van der Waals surface area contributed by atoms with E-state index in [2.05, 4.69) is 34.2 Å². The molecule has 2 rings (SSSR count). The van der Waals surface area contributed by atoms with Gasteiger partial charge in [0.25, 0.3) is 0 Å². The smallest absolute Gasteiger partial charge is 0.240 e. The number of piperazine rings is 1. The van der Waals surface area contributed by atoms with Gasteiger partial charge in [-0.15, -0.1) is 0 Å². The van der Waals surface area contributed by atoms with Crippen LogP contribution in [-0.2, 0) is 6.54 Å². The number of aromatic nitrogens is 2. The van der Waals surface area contributed by atoms with E-state index in [1.165, 1.54) is 6.33 Å². The summed E-state index contributed by atoms with van der Waals surface area (Å²) in [5, 5.41) is 6.99. The highest BCUT2D eigenvalue weighted by atomic mass is 16.5. The summed E-state index contributed by atoms with van der Waals surface area (Å²) < 4.78 is 5.01. The zero-order chi connectivity index (χ0) is 9.97. The predicted octanol–water partition coefficient (Wildman–Crippen LogP) is 0.252. The molecule has 0 spiro atoms. The minimum Gasteiger partial charge on any atom is -0.338 e.